The highest BCUT2D eigenvalue weighted by atomic mass is 16.6. The van der Waals surface area contributed by atoms with Crippen molar-refractivity contribution in [3.8, 4) is 11.5 Å². The van der Waals surface area contributed by atoms with E-state index in [0.29, 0.717) is 5.75 Å². The highest BCUT2D eigenvalue weighted by molar-refractivity contribution is 5.81. The molecule has 4 rings (SSSR count). The zero-order chi connectivity index (χ0) is 17.9. The molecule has 2 aliphatic rings. The molecule has 3 N–H and O–H groups in total. The molecule has 0 saturated heterocycles. The quantitative estimate of drug-likeness (QED) is 0.737. The molecule has 2 aliphatic heterocycles. The van der Waals surface area contributed by atoms with E-state index in [-0.39, 0.29) is 0 Å². The van der Waals surface area contributed by atoms with Gasteiger partial charge in [0.05, 0.1) is 0 Å². The van der Waals surface area contributed by atoms with Crippen LogP contribution in [0.2, 0.25) is 0 Å². The number of ether oxygens (including phenoxy) is 2. The minimum Gasteiger partial charge on any atom is -0.476 e. The van der Waals surface area contributed by atoms with E-state index in [1.165, 1.54) is 6.08 Å². The molecule has 0 bridgehead atoms. The van der Waals surface area contributed by atoms with E-state index < -0.39 is 18.0 Å². The molecule has 2 aromatic carbocycles. The van der Waals surface area contributed by atoms with Gasteiger partial charge in [0.1, 0.15) is 11.5 Å². The third-order valence-electron chi connectivity index (χ3n) is 3.59. The van der Waals surface area contributed by atoms with Crippen molar-refractivity contribution in [1.29, 1.82) is 0 Å². The smallest absolute Gasteiger partial charge is 0.381 e. The number of carboxylic acid groups (broad SMARTS) is 1. The first kappa shape index (κ1) is 16.8. The van der Waals surface area contributed by atoms with Crippen molar-refractivity contribution in [3.05, 3.63) is 71.8 Å². The van der Waals surface area contributed by atoms with Gasteiger partial charge in [0.2, 0.25) is 6.29 Å². The average Bonchev–Trinajstić information content (AvgIpc) is 2.62. The van der Waals surface area contributed by atoms with Crippen LogP contribution in [0.4, 0.5) is 0 Å². The lowest BCUT2D eigenvalue weighted by atomic mass is 10.1. The number of carboxylic acids is 1. The second-order valence-electron chi connectivity index (χ2n) is 5.38. The van der Waals surface area contributed by atoms with E-state index in [1.807, 2.05) is 30.3 Å². The maximum absolute atomic E-state index is 10.7. The lowest BCUT2D eigenvalue weighted by Gasteiger charge is -2.25. The van der Waals surface area contributed by atoms with Crippen molar-refractivity contribution < 1.29 is 29.6 Å². The maximum atomic E-state index is 10.7. The van der Waals surface area contributed by atoms with Crippen LogP contribution in [0.25, 0.3) is 12.2 Å². The number of hydrogen-bond acceptors (Lipinski definition) is 5. The fraction of sp³-hybridized carbons (Fsp3) is 0.105. The van der Waals surface area contributed by atoms with Crippen molar-refractivity contribution in [2.75, 3.05) is 0 Å². The summed E-state index contributed by atoms with van der Waals surface area (Å²) in [5, 5.41) is 27.2. The normalized spacial score (nSPS) is 22.4. The molecule has 2 heterocycles. The molecule has 0 spiro atoms. The summed E-state index contributed by atoms with van der Waals surface area (Å²) in [5.41, 5.74) is 1.76. The molecule has 0 saturated carbocycles. The number of para-hydroxylation sites is 2. The fourth-order valence-corrected chi connectivity index (χ4v) is 2.31. The Kier molecular flexibility index (Phi) is 4.56. The molecule has 0 amide bonds. The molecule has 0 aromatic heterocycles. The molecule has 6 heteroatoms. The fourth-order valence-electron chi connectivity index (χ4n) is 2.31. The SMILES string of the molecule is O=C(O)C1(O)C=Cc2ccccc2O1.OC1C=Cc2ccccc2O1. The Morgan fingerprint density at radius 1 is 0.960 bits per heavy atom. The summed E-state index contributed by atoms with van der Waals surface area (Å²) in [6, 6.07) is 14.5. The predicted molar refractivity (Wildman–Crippen MR) is 90.8 cm³/mol. The maximum Gasteiger partial charge on any atom is 0.381 e. The minimum absolute atomic E-state index is 0.361. The molecule has 2 aromatic rings. The summed E-state index contributed by atoms with van der Waals surface area (Å²) in [5.74, 6) is -2.57. The Bertz CT molecular complexity index is 841. The summed E-state index contributed by atoms with van der Waals surface area (Å²) in [6.07, 6.45) is 5.31. The summed E-state index contributed by atoms with van der Waals surface area (Å²) >= 11 is 0. The van der Waals surface area contributed by atoms with Gasteiger partial charge in [-0.25, -0.2) is 4.79 Å². The van der Waals surface area contributed by atoms with E-state index in [1.54, 1.807) is 30.3 Å². The summed E-state index contributed by atoms with van der Waals surface area (Å²) in [7, 11) is 0. The Balaban J connectivity index is 0.000000150. The molecular weight excluding hydrogens is 324 g/mol. The van der Waals surface area contributed by atoms with Crippen LogP contribution >= 0.6 is 0 Å². The van der Waals surface area contributed by atoms with Gasteiger partial charge >= 0.3 is 11.8 Å². The van der Waals surface area contributed by atoms with Crippen molar-refractivity contribution in [2.24, 2.45) is 0 Å². The number of aliphatic hydroxyl groups excluding tert-OH is 1. The van der Waals surface area contributed by atoms with Crippen LogP contribution in [0.1, 0.15) is 11.1 Å². The van der Waals surface area contributed by atoms with Crippen LogP contribution in [-0.2, 0) is 4.79 Å². The van der Waals surface area contributed by atoms with Crippen LogP contribution in [0.5, 0.6) is 11.5 Å². The number of aliphatic hydroxyl groups is 2. The summed E-state index contributed by atoms with van der Waals surface area (Å²) < 4.78 is 10.1. The number of fused-ring (bicyclic) bond motifs is 2. The van der Waals surface area contributed by atoms with E-state index in [4.69, 9.17) is 19.7 Å². The molecule has 25 heavy (non-hydrogen) atoms. The zero-order valence-electron chi connectivity index (χ0n) is 13.1. The number of aliphatic carboxylic acids is 1. The van der Waals surface area contributed by atoms with Crippen LogP contribution in [0, 0.1) is 0 Å². The van der Waals surface area contributed by atoms with Gasteiger partial charge in [-0.2, -0.15) is 0 Å². The number of benzene rings is 2. The Labute approximate surface area is 143 Å². The van der Waals surface area contributed by atoms with Crippen molar-refractivity contribution in [3.63, 3.8) is 0 Å². The Morgan fingerprint density at radius 2 is 1.56 bits per heavy atom. The van der Waals surface area contributed by atoms with Gasteiger partial charge in [-0.1, -0.05) is 36.4 Å². The zero-order valence-corrected chi connectivity index (χ0v) is 13.1. The molecule has 0 aliphatic carbocycles. The largest absolute Gasteiger partial charge is 0.476 e. The average molecular weight is 340 g/mol. The first-order chi connectivity index (χ1) is 12.0. The first-order valence-electron chi connectivity index (χ1n) is 7.53. The lowest BCUT2D eigenvalue weighted by Crippen LogP contribution is -2.43. The lowest BCUT2D eigenvalue weighted by molar-refractivity contribution is -0.180. The van der Waals surface area contributed by atoms with Crippen LogP contribution in [-0.4, -0.2) is 33.4 Å². The highest BCUT2D eigenvalue weighted by Crippen LogP contribution is 2.29. The number of hydrogen-bond donors (Lipinski definition) is 3. The topological polar surface area (TPSA) is 96.2 Å². The van der Waals surface area contributed by atoms with Gasteiger partial charge in [-0.05, 0) is 36.4 Å². The second kappa shape index (κ2) is 6.80. The van der Waals surface area contributed by atoms with Crippen LogP contribution in [0.15, 0.2) is 60.7 Å². The molecule has 2 atom stereocenters. The molecule has 6 nitrogen and oxygen atoms in total. The third kappa shape index (κ3) is 3.71. The van der Waals surface area contributed by atoms with Gasteiger partial charge in [0, 0.05) is 11.1 Å². The molecule has 2 unspecified atom stereocenters. The minimum atomic E-state index is -2.24. The van der Waals surface area contributed by atoms with Gasteiger partial charge < -0.3 is 24.8 Å². The van der Waals surface area contributed by atoms with Crippen molar-refractivity contribution >= 4 is 18.1 Å². The Morgan fingerprint density at radius 3 is 2.24 bits per heavy atom. The molecule has 0 radical (unpaired) electrons. The van der Waals surface area contributed by atoms with Gasteiger partial charge in [0.25, 0.3) is 0 Å². The molecular formula is C19H16O6. The van der Waals surface area contributed by atoms with E-state index in [9.17, 15) is 9.90 Å². The third-order valence-corrected chi connectivity index (χ3v) is 3.59. The van der Waals surface area contributed by atoms with E-state index in [2.05, 4.69) is 0 Å². The number of rotatable bonds is 1. The van der Waals surface area contributed by atoms with Crippen molar-refractivity contribution in [1.82, 2.24) is 0 Å². The predicted octanol–water partition coefficient (Wildman–Crippen LogP) is 2.28. The molecule has 128 valence electrons. The highest BCUT2D eigenvalue weighted by Gasteiger charge is 2.38. The van der Waals surface area contributed by atoms with Crippen molar-refractivity contribution in [2.45, 2.75) is 12.1 Å². The Hall–Kier alpha value is -3.09. The monoisotopic (exact) mass is 340 g/mol. The molecule has 0 fully saturated rings. The summed E-state index contributed by atoms with van der Waals surface area (Å²) in [4.78, 5) is 10.7. The van der Waals surface area contributed by atoms with Gasteiger partial charge in [-0.3, -0.25) is 0 Å². The standard InChI is InChI=1S/C10H8O4.C9H8O2/c11-9(12)10(13)6-5-7-3-1-2-4-8(7)14-10;10-9-6-5-7-3-1-2-4-8(7)11-9/h1-6,13H,(H,11,12);1-6,9-10H. The first-order valence-corrected chi connectivity index (χ1v) is 7.53. The van der Waals surface area contributed by atoms with Crippen LogP contribution in [0.3, 0.4) is 0 Å². The van der Waals surface area contributed by atoms with E-state index in [0.717, 1.165) is 23.0 Å². The second-order valence-corrected chi connectivity index (χ2v) is 5.38. The van der Waals surface area contributed by atoms with Crippen LogP contribution < -0.4 is 9.47 Å². The van der Waals surface area contributed by atoms with E-state index >= 15 is 0 Å². The van der Waals surface area contributed by atoms with Gasteiger partial charge in [-0.15, -0.1) is 0 Å². The summed E-state index contributed by atoms with van der Waals surface area (Å²) in [6.45, 7) is 0. The van der Waals surface area contributed by atoms with Gasteiger partial charge in [0.15, 0.2) is 0 Å². The number of carbonyl (C=O) groups is 1.